The van der Waals surface area contributed by atoms with Crippen LogP contribution in [-0.4, -0.2) is 60.0 Å². The standard InChI is InChI=1S/C28H35N3O2S/c1-4-15-31(18-20-9-10-20)22-13-16-30(17-14-22)28(32)26-19(2)29-27(34-26)25-23-8-6-5-7-21(23)11-12-24(25)33-3/h5-8,11-12,20,22H,4,9-10,13-18H2,1-3H3. The molecule has 1 saturated heterocycles. The molecule has 2 aromatic carbocycles. The van der Waals surface area contributed by atoms with Crippen LogP contribution in [0, 0.1) is 12.8 Å². The Morgan fingerprint density at radius 2 is 1.91 bits per heavy atom. The zero-order valence-electron chi connectivity index (χ0n) is 20.5. The number of aromatic nitrogens is 1. The van der Waals surface area contributed by atoms with Crippen LogP contribution in [0.15, 0.2) is 36.4 Å². The van der Waals surface area contributed by atoms with E-state index in [0.717, 1.165) is 69.5 Å². The number of benzene rings is 2. The molecular weight excluding hydrogens is 442 g/mol. The van der Waals surface area contributed by atoms with E-state index >= 15 is 0 Å². The van der Waals surface area contributed by atoms with Gasteiger partial charge in [0.25, 0.3) is 5.91 Å². The predicted molar refractivity (Wildman–Crippen MR) is 140 cm³/mol. The molecule has 1 saturated carbocycles. The number of aryl methyl sites for hydroxylation is 1. The van der Waals surface area contributed by atoms with Gasteiger partial charge in [-0.25, -0.2) is 4.98 Å². The maximum absolute atomic E-state index is 13.5. The fraction of sp³-hybridized carbons (Fsp3) is 0.500. The van der Waals surface area contributed by atoms with Crippen molar-refractivity contribution in [3.63, 3.8) is 0 Å². The minimum absolute atomic E-state index is 0.128. The molecule has 1 aliphatic heterocycles. The lowest BCUT2D eigenvalue weighted by Crippen LogP contribution is -2.47. The number of ether oxygens (including phenoxy) is 1. The molecule has 1 aliphatic carbocycles. The van der Waals surface area contributed by atoms with Crippen LogP contribution < -0.4 is 4.74 Å². The van der Waals surface area contributed by atoms with Crippen molar-refractivity contribution in [3.05, 3.63) is 47.0 Å². The summed E-state index contributed by atoms with van der Waals surface area (Å²) in [6.45, 7) is 8.32. The van der Waals surface area contributed by atoms with Gasteiger partial charge >= 0.3 is 0 Å². The number of carbonyl (C=O) groups is 1. The number of carbonyl (C=O) groups excluding carboxylic acids is 1. The third-order valence-electron chi connectivity index (χ3n) is 7.28. The smallest absolute Gasteiger partial charge is 0.265 e. The number of amides is 1. The minimum Gasteiger partial charge on any atom is -0.496 e. The number of thiazole rings is 1. The number of piperidine rings is 1. The number of hydrogen-bond acceptors (Lipinski definition) is 5. The average molecular weight is 478 g/mol. The highest BCUT2D eigenvalue weighted by atomic mass is 32.1. The molecule has 34 heavy (non-hydrogen) atoms. The number of hydrogen-bond donors (Lipinski definition) is 0. The van der Waals surface area contributed by atoms with E-state index in [0.29, 0.717) is 6.04 Å². The zero-order valence-corrected chi connectivity index (χ0v) is 21.4. The van der Waals surface area contributed by atoms with Crippen LogP contribution >= 0.6 is 11.3 Å². The van der Waals surface area contributed by atoms with Crippen LogP contribution in [0.25, 0.3) is 21.3 Å². The first-order valence-corrected chi connectivity index (χ1v) is 13.5. The van der Waals surface area contributed by atoms with Gasteiger partial charge in [0.15, 0.2) is 0 Å². The zero-order chi connectivity index (χ0) is 23.7. The van der Waals surface area contributed by atoms with E-state index in [4.69, 9.17) is 9.72 Å². The van der Waals surface area contributed by atoms with Crippen LogP contribution in [0.2, 0.25) is 0 Å². The first-order valence-electron chi connectivity index (χ1n) is 12.7. The number of fused-ring (bicyclic) bond motifs is 1. The minimum atomic E-state index is 0.128. The van der Waals surface area contributed by atoms with E-state index < -0.39 is 0 Å². The van der Waals surface area contributed by atoms with Crippen LogP contribution in [-0.2, 0) is 0 Å². The Hall–Kier alpha value is -2.44. The van der Waals surface area contributed by atoms with Gasteiger partial charge in [-0.1, -0.05) is 37.3 Å². The summed E-state index contributed by atoms with van der Waals surface area (Å²) in [7, 11) is 1.69. The second-order valence-corrected chi connectivity index (χ2v) is 10.8. The third kappa shape index (κ3) is 4.71. The molecule has 1 amide bonds. The molecule has 6 heteroatoms. The van der Waals surface area contributed by atoms with Gasteiger partial charge in [-0.15, -0.1) is 11.3 Å². The largest absolute Gasteiger partial charge is 0.496 e. The first kappa shape index (κ1) is 23.3. The lowest BCUT2D eigenvalue weighted by molar-refractivity contribution is 0.0615. The van der Waals surface area contributed by atoms with Gasteiger partial charge in [0.05, 0.1) is 18.4 Å². The maximum atomic E-state index is 13.5. The van der Waals surface area contributed by atoms with Crippen molar-refractivity contribution in [1.29, 1.82) is 0 Å². The molecule has 5 nitrogen and oxygen atoms in total. The summed E-state index contributed by atoms with van der Waals surface area (Å²) in [4.78, 5) is 23.9. The average Bonchev–Trinajstić information content (AvgIpc) is 3.61. The SMILES string of the molecule is CCCN(CC1CC1)C1CCN(C(=O)c2sc(-c3c(OC)ccc4ccccc34)nc2C)CC1. The predicted octanol–water partition coefficient (Wildman–Crippen LogP) is 6.01. The maximum Gasteiger partial charge on any atom is 0.265 e. The highest BCUT2D eigenvalue weighted by Gasteiger charge is 2.32. The van der Waals surface area contributed by atoms with E-state index in [9.17, 15) is 4.79 Å². The number of likely N-dealkylation sites (tertiary alicyclic amines) is 1. The quantitative estimate of drug-likeness (QED) is 0.399. The summed E-state index contributed by atoms with van der Waals surface area (Å²) >= 11 is 1.50. The highest BCUT2D eigenvalue weighted by molar-refractivity contribution is 7.17. The van der Waals surface area contributed by atoms with Crippen molar-refractivity contribution in [1.82, 2.24) is 14.8 Å². The summed E-state index contributed by atoms with van der Waals surface area (Å²) in [5, 5.41) is 3.09. The molecule has 0 atom stereocenters. The summed E-state index contributed by atoms with van der Waals surface area (Å²) < 4.78 is 5.69. The molecular formula is C28H35N3O2S. The molecule has 0 unspecified atom stereocenters. The molecule has 0 bridgehead atoms. The first-order chi connectivity index (χ1) is 16.6. The monoisotopic (exact) mass is 477 g/mol. The Kier molecular flexibility index (Phi) is 6.89. The summed E-state index contributed by atoms with van der Waals surface area (Å²) in [5.41, 5.74) is 1.78. The van der Waals surface area contributed by atoms with E-state index in [2.05, 4.69) is 30.0 Å². The number of methoxy groups -OCH3 is 1. The molecule has 2 aliphatic rings. The fourth-order valence-electron chi connectivity index (χ4n) is 5.26. The highest BCUT2D eigenvalue weighted by Crippen LogP contribution is 2.40. The van der Waals surface area contributed by atoms with Gasteiger partial charge in [0, 0.05) is 25.7 Å². The lowest BCUT2D eigenvalue weighted by Gasteiger charge is -2.38. The van der Waals surface area contributed by atoms with Gasteiger partial charge in [0.1, 0.15) is 15.6 Å². The van der Waals surface area contributed by atoms with E-state index in [-0.39, 0.29) is 5.91 Å². The topological polar surface area (TPSA) is 45.7 Å². The van der Waals surface area contributed by atoms with Crippen molar-refractivity contribution in [2.75, 3.05) is 33.3 Å². The Bertz CT molecular complexity index is 1160. The summed E-state index contributed by atoms with van der Waals surface area (Å²) in [6.07, 6.45) is 6.13. The normalized spacial score (nSPS) is 17.0. The van der Waals surface area contributed by atoms with Gasteiger partial charge in [-0.05, 0) is 68.3 Å². The Balaban J connectivity index is 1.34. The van der Waals surface area contributed by atoms with Crippen molar-refractivity contribution >= 4 is 28.0 Å². The van der Waals surface area contributed by atoms with Crippen molar-refractivity contribution in [2.45, 2.75) is 52.0 Å². The molecule has 0 N–H and O–H groups in total. The molecule has 180 valence electrons. The summed E-state index contributed by atoms with van der Waals surface area (Å²) in [5.74, 6) is 1.83. The van der Waals surface area contributed by atoms with Crippen molar-refractivity contribution in [3.8, 4) is 16.3 Å². The van der Waals surface area contributed by atoms with Gasteiger partial charge in [-0.2, -0.15) is 0 Å². The molecule has 2 heterocycles. The number of nitrogens with zero attached hydrogens (tertiary/aromatic N) is 3. The molecule has 0 spiro atoms. The van der Waals surface area contributed by atoms with Gasteiger partial charge in [0.2, 0.25) is 0 Å². The molecule has 3 aromatic rings. The summed E-state index contributed by atoms with van der Waals surface area (Å²) in [6, 6.07) is 12.9. The molecule has 1 aromatic heterocycles. The molecule has 0 radical (unpaired) electrons. The Morgan fingerprint density at radius 3 is 2.62 bits per heavy atom. The Morgan fingerprint density at radius 1 is 1.15 bits per heavy atom. The number of rotatable bonds is 8. The van der Waals surface area contributed by atoms with Crippen LogP contribution in [0.3, 0.4) is 0 Å². The second-order valence-electron chi connectivity index (χ2n) is 9.76. The van der Waals surface area contributed by atoms with E-state index in [1.807, 2.05) is 30.0 Å². The Labute approximate surface area is 206 Å². The second kappa shape index (κ2) is 10.0. The third-order valence-corrected chi connectivity index (χ3v) is 8.45. The van der Waals surface area contributed by atoms with E-state index in [1.54, 1.807) is 7.11 Å². The van der Waals surface area contributed by atoms with Crippen LogP contribution in [0.1, 0.15) is 54.4 Å². The molecule has 2 fully saturated rings. The fourth-order valence-corrected chi connectivity index (χ4v) is 6.36. The van der Waals surface area contributed by atoms with Crippen molar-refractivity contribution in [2.24, 2.45) is 5.92 Å². The van der Waals surface area contributed by atoms with Crippen molar-refractivity contribution < 1.29 is 9.53 Å². The van der Waals surface area contributed by atoms with Crippen LogP contribution in [0.4, 0.5) is 0 Å². The molecule has 5 rings (SSSR count). The lowest BCUT2D eigenvalue weighted by atomic mass is 10.0. The van der Waals surface area contributed by atoms with Gasteiger partial charge < -0.3 is 9.64 Å². The van der Waals surface area contributed by atoms with E-state index in [1.165, 1.54) is 43.7 Å². The van der Waals surface area contributed by atoms with Gasteiger partial charge in [-0.3, -0.25) is 9.69 Å². The van der Waals surface area contributed by atoms with Crippen LogP contribution in [0.5, 0.6) is 5.75 Å².